The van der Waals surface area contributed by atoms with Crippen LogP contribution in [-0.4, -0.2) is 22.0 Å². The molecule has 0 bridgehead atoms. The molecule has 6 heteroatoms. The van der Waals surface area contributed by atoms with E-state index < -0.39 is 12.0 Å². The Balaban J connectivity index is 1.72. The molecule has 0 fully saturated rings. The molecular formula is C20H20N3O2S-. The summed E-state index contributed by atoms with van der Waals surface area (Å²) in [5, 5.41) is 15.9. The van der Waals surface area contributed by atoms with Crippen molar-refractivity contribution >= 4 is 33.3 Å². The Morgan fingerprint density at radius 3 is 2.77 bits per heavy atom. The first-order chi connectivity index (χ1) is 12.6. The number of rotatable bonds is 5. The van der Waals surface area contributed by atoms with Gasteiger partial charge in [-0.3, -0.25) is 0 Å². The van der Waals surface area contributed by atoms with Crippen molar-refractivity contribution in [3.05, 3.63) is 52.2 Å². The first-order valence-corrected chi connectivity index (χ1v) is 9.73. The maximum absolute atomic E-state index is 11.7. The number of anilines is 1. The van der Waals surface area contributed by atoms with Gasteiger partial charge in [0.2, 0.25) is 0 Å². The zero-order valence-corrected chi connectivity index (χ0v) is 15.4. The molecular weight excluding hydrogens is 346 g/mol. The maximum atomic E-state index is 11.7. The minimum atomic E-state index is -1.12. The molecule has 0 amide bonds. The predicted molar refractivity (Wildman–Crippen MR) is 101 cm³/mol. The molecule has 4 rings (SSSR count). The Morgan fingerprint density at radius 2 is 2.00 bits per heavy atom. The number of carbonyl (C=O) groups excluding carboxylic acids is 1. The number of hydrogen-bond donors (Lipinski definition) is 1. The molecule has 0 unspecified atom stereocenters. The number of carbonyl (C=O) groups is 1. The predicted octanol–water partition coefficient (Wildman–Crippen LogP) is 2.65. The van der Waals surface area contributed by atoms with Gasteiger partial charge in [-0.25, -0.2) is 9.97 Å². The number of aliphatic carboxylic acids is 1. The van der Waals surface area contributed by atoms with E-state index in [2.05, 4.69) is 15.3 Å². The molecule has 134 valence electrons. The Bertz CT molecular complexity index is 953. The van der Waals surface area contributed by atoms with E-state index in [1.54, 1.807) is 11.3 Å². The molecule has 1 aliphatic rings. The monoisotopic (exact) mass is 366 g/mol. The number of nitrogens with one attached hydrogen (secondary N) is 1. The average Bonchev–Trinajstić information content (AvgIpc) is 3.00. The number of hydrogen-bond acceptors (Lipinski definition) is 6. The van der Waals surface area contributed by atoms with E-state index >= 15 is 0 Å². The molecule has 3 aromatic rings. The lowest BCUT2D eigenvalue weighted by Gasteiger charge is -2.22. The summed E-state index contributed by atoms with van der Waals surface area (Å²) in [5.74, 6) is 0.148. The van der Waals surface area contributed by atoms with Crippen molar-refractivity contribution < 1.29 is 9.90 Å². The average molecular weight is 366 g/mol. The molecule has 26 heavy (non-hydrogen) atoms. The molecule has 0 spiro atoms. The molecule has 0 radical (unpaired) electrons. The highest BCUT2D eigenvalue weighted by Gasteiger charge is 2.22. The highest BCUT2D eigenvalue weighted by Crippen LogP contribution is 2.38. The number of benzene rings is 1. The van der Waals surface area contributed by atoms with Gasteiger partial charge in [0.05, 0.1) is 17.4 Å². The Hall–Kier alpha value is -2.47. The van der Waals surface area contributed by atoms with Gasteiger partial charge in [0.1, 0.15) is 16.5 Å². The maximum Gasteiger partial charge on any atom is 0.139 e. The van der Waals surface area contributed by atoms with Crippen molar-refractivity contribution in [2.45, 2.75) is 45.1 Å². The standard InChI is InChI=1S/C20H21N3O2S/c1-12-21-18(17-14-9-5-6-10-16(14)26-19(17)22-12)23-15(20(24)25)11-13-7-3-2-4-8-13/h2-4,7-8,15H,5-6,9-11H2,1H3,(H,24,25)(H,21,22,23)/p-1/t15-/m0/s1. The zero-order chi connectivity index (χ0) is 18.1. The van der Waals surface area contributed by atoms with Crippen LogP contribution in [0.4, 0.5) is 5.82 Å². The van der Waals surface area contributed by atoms with E-state index in [1.807, 2.05) is 37.3 Å². The number of aryl methyl sites for hydroxylation is 3. The van der Waals surface area contributed by atoms with Crippen LogP contribution in [0.15, 0.2) is 30.3 Å². The minimum absolute atomic E-state index is 0.347. The van der Waals surface area contributed by atoms with E-state index in [9.17, 15) is 9.90 Å². The summed E-state index contributed by atoms with van der Waals surface area (Å²) >= 11 is 1.71. The second-order valence-electron chi connectivity index (χ2n) is 6.72. The van der Waals surface area contributed by atoms with Gasteiger partial charge in [0.15, 0.2) is 0 Å². The second-order valence-corrected chi connectivity index (χ2v) is 7.80. The number of carboxylic acids is 1. The molecule has 1 aromatic carbocycles. The number of nitrogens with zero attached hydrogens (tertiary/aromatic N) is 2. The molecule has 1 N–H and O–H groups in total. The number of carboxylic acid groups (broad SMARTS) is 1. The van der Waals surface area contributed by atoms with Gasteiger partial charge in [-0.15, -0.1) is 11.3 Å². The largest absolute Gasteiger partial charge is 0.548 e. The van der Waals surface area contributed by atoms with Crippen molar-refractivity contribution in [3.8, 4) is 0 Å². The van der Waals surface area contributed by atoms with Crippen molar-refractivity contribution in [2.75, 3.05) is 5.32 Å². The van der Waals surface area contributed by atoms with Crippen molar-refractivity contribution in [1.82, 2.24) is 9.97 Å². The number of aromatic nitrogens is 2. The lowest BCUT2D eigenvalue weighted by Crippen LogP contribution is -2.42. The molecule has 2 heterocycles. The number of fused-ring (bicyclic) bond motifs is 3. The van der Waals surface area contributed by atoms with Crippen LogP contribution < -0.4 is 10.4 Å². The Morgan fingerprint density at radius 1 is 1.23 bits per heavy atom. The molecule has 0 saturated carbocycles. The lowest BCUT2D eigenvalue weighted by atomic mass is 9.97. The van der Waals surface area contributed by atoms with Gasteiger partial charge in [0, 0.05) is 4.88 Å². The Labute approximate surface area is 156 Å². The molecule has 5 nitrogen and oxygen atoms in total. The lowest BCUT2D eigenvalue weighted by molar-refractivity contribution is -0.306. The van der Waals surface area contributed by atoms with Crippen LogP contribution in [0.5, 0.6) is 0 Å². The molecule has 2 aromatic heterocycles. The van der Waals surface area contributed by atoms with E-state index in [1.165, 1.54) is 16.9 Å². The van der Waals surface area contributed by atoms with Crippen LogP contribution in [0.1, 0.15) is 34.7 Å². The summed E-state index contributed by atoms with van der Waals surface area (Å²) in [5.41, 5.74) is 2.24. The van der Waals surface area contributed by atoms with Crippen molar-refractivity contribution in [3.63, 3.8) is 0 Å². The topological polar surface area (TPSA) is 77.9 Å². The van der Waals surface area contributed by atoms with Crippen LogP contribution >= 0.6 is 11.3 Å². The fourth-order valence-electron chi connectivity index (χ4n) is 3.58. The molecule has 0 saturated heterocycles. The molecule has 0 aliphatic heterocycles. The third-order valence-corrected chi connectivity index (χ3v) is 5.99. The summed E-state index contributed by atoms with van der Waals surface area (Å²) in [4.78, 5) is 23.2. The zero-order valence-electron chi connectivity index (χ0n) is 14.6. The number of thiophene rings is 1. The summed E-state index contributed by atoms with van der Waals surface area (Å²) in [6, 6.07) is 8.73. The van der Waals surface area contributed by atoms with Crippen LogP contribution in [0.3, 0.4) is 0 Å². The first-order valence-electron chi connectivity index (χ1n) is 8.92. The van der Waals surface area contributed by atoms with Crippen molar-refractivity contribution in [2.24, 2.45) is 0 Å². The smallest absolute Gasteiger partial charge is 0.139 e. The van der Waals surface area contributed by atoms with Crippen LogP contribution in [-0.2, 0) is 24.1 Å². The third kappa shape index (κ3) is 3.29. The van der Waals surface area contributed by atoms with Crippen LogP contribution in [0.2, 0.25) is 0 Å². The van der Waals surface area contributed by atoms with Gasteiger partial charge in [0.25, 0.3) is 0 Å². The van der Waals surface area contributed by atoms with E-state index in [0.29, 0.717) is 18.1 Å². The Kier molecular flexibility index (Phi) is 4.59. The summed E-state index contributed by atoms with van der Waals surface area (Å²) in [6.45, 7) is 1.84. The fraction of sp³-hybridized carbons (Fsp3) is 0.350. The third-order valence-electron chi connectivity index (χ3n) is 4.80. The van der Waals surface area contributed by atoms with Crippen LogP contribution in [0.25, 0.3) is 10.2 Å². The fourth-order valence-corrected chi connectivity index (χ4v) is 4.88. The van der Waals surface area contributed by atoms with Gasteiger partial charge in [-0.05, 0) is 50.2 Å². The highest BCUT2D eigenvalue weighted by atomic mass is 32.1. The summed E-state index contributed by atoms with van der Waals surface area (Å²) < 4.78 is 0. The van der Waals surface area contributed by atoms with E-state index in [4.69, 9.17) is 0 Å². The molecule has 1 aliphatic carbocycles. The normalized spacial score (nSPS) is 14.8. The van der Waals surface area contributed by atoms with E-state index in [0.717, 1.165) is 35.0 Å². The second kappa shape index (κ2) is 7.03. The first kappa shape index (κ1) is 17.0. The highest BCUT2D eigenvalue weighted by molar-refractivity contribution is 7.19. The van der Waals surface area contributed by atoms with Gasteiger partial charge < -0.3 is 15.2 Å². The molecule has 1 atom stereocenters. The SMILES string of the molecule is Cc1nc(N[C@@H](Cc2ccccc2)C(=O)[O-])c2c3c(sc2n1)CCCC3. The quantitative estimate of drug-likeness (QED) is 0.751. The van der Waals surface area contributed by atoms with Crippen LogP contribution in [0, 0.1) is 6.92 Å². The van der Waals surface area contributed by atoms with Gasteiger partial charge in [-0.2, -0.15) is 0 Å². The summed E-state index contributed by atoms with van der Waals surface area (Å²) in [7, 11) is 0. The minimum Gasteiger partial charge on any atom is -0.548 e. The summed E-state index contributed by atoms with van der Waals surface area (Å²) in [6.07, 6.45) is 4.78. The van der Waals surface area contributed by atoms with E-state index in [-0.39, 0.29) is 0 Å². The van der Waals surface area contributed by atoms with Crippen molar-refractivity contribution in [1.29, 1.82) is 0 Å². The van der Waals surface area contributed by atoms with Gasteiger partial charge in [-0.1, -0.05) is 30.3 Å². The van der Waals surface area contributed by atoms with Gasteiger partial charge >= 0.3 is 0 Å².